The van der Waals surface area contributed by atoms with Gasteiger partial charge in [-0.15, -0.1) is 0 Å². The topological polar surface area (TPSA) is 161 Å². The molecule has 0 spiro atoms. The first-order valence-electron chi connectivity index (χ1n) is 16.7. The van der Waals surface area contributed by atoms with Gasteiger partial charge in [0, 0.05) is 60.7 Å². The first-order valence-corrected chi connectivity index (χ1v) is 16.7. The van der Waals surface area contributed by atoms with Gasteiger partial charge in [-0.25, -0.2) is 4.98 Å². The van der Waals surface area contributed by atoms with Gasteiger partial charge in [0.2, 0.25) is 0 Å². The van der Waals surface area contributed by atoms with E-state index in [0.717, 1.165) is 36.5 Å². The van der Waals surface area contributed by atoms with Gasteiger partial charge in [0.25, 0.3) is 0 Å². The second-order valence-electron chi connectivity index (χ2n) is 10.5. The summed E-state index contributed by atoms with van der Waals surface area (Å²) in [4.78, 5) is 10.1. The lowest BCUT2D eigenvalue weighted by Crippen LogP contribution is -2.17. The number of aliphatic hydroxyl groups is 1. The monoisotopic (exact) mass is 690 g/mol. The second-order valence-corrected chi connectivity index (χ2v) is 10.5. The summed E-state index contributed by atoms with van der Waals surface area (Å²) in [6, 6.07) is 16.3. The number of H-pyrrole nitrogens is 2. The molecule has 0 saturated carbocycles. The molecule has 0 bridgehead atoms. The van der Waals surface area contributed by atoms with Crippen molar-refractivity contribution >= 4 is 10.9 Å². The zero-order valence-electron chi connectivity index (χ0n) is 28.9. The van der Waals surface area contributed by atoms with Crippen LogP contribution in [-0.4, -0.2) is 56.4 Å². The standard InChI is InChI=1S/C9H10N2.C7H9NO.C6H10N2.C5H11NO.C5H11N.2C2H6.4CH4/c10-5-7-6-11-9-4-2-1-3-8(7)9;8-5-6-1-3-7(9)4-2-6;1-2-3-6-4-7-5-8-6;1-4-2-5(7)3-6-4;1-5-3-2-4-6-5;2*1-2;;;;/h1-4,6,11H,5,10H2;1-4,9H,5,8H2;4-5H,2-3H2,1H3,(H,7,8);4-7H,2-3H2,1H3;5-6H,2-4H2,1H3;2*1-2H3;4*1H4. The van der Waals surface area contributed by atoms with Crippen LogP contribution in [0.3, 0.4) is 0 Å². The summed E-state index contributed by atoms with van der Waals surface area (Å²) < 4.78 is 0. The number of aliphatic hydroxyl groups excluding tert-OH is 1. The molecule has 3 unspecified atom stereocenters. The number of β-amino-alcohol motifs (C(OH)–C–C–N with tert-alkyl or cyclic N) is 1. The summed E-state index contributed by atoms with van der Waals surface area (Å²) in [6.45, 7) is 17.6. The SMILES string of the molecule is C.C.C.C.CC.CC.CC1CC(O)CN1.CC1CCCN1.CCCc1cnc[nH]1.NCc1c[nH]c2ccccc12.NCc1ccc(O)cc1. The van der Waals surface area contributed by atoms with Crippen molar-refractivity contribution in [2.75, 3.05) is 13.1 Å². The minimum absolute atomic E-state index is 0. The molecule has 0 amide bonds. The highest BCUT2D eigenvalue weighted by molar-refractivity contribution is 5.82. The van der Waals surface area contributed by atoms with Crippen LogP contribution < -0.4 is 22.1 Å². The minimum Gasteiger partial charge on any atom is -0.508 e. The largest absolute Gasteiger partial charge is 0.508 e. The summed E-state index contributed by atoms with van der Waals surface area (Å²) in [5.41, 5.74) is 15.5. The number of rotatable bonds is 4. The van der Waals surface area contributed by atoms with E-state index < -0.39 is 0 Å². The van der Waals surface area contributed by atoms with Crippen molar-refractivity contribution in [1.29, 1.82) is 0 Å². The van der Waals surface area contributed by atoms with Gasteiger partial charge >= 0.3 is 0 Å². The van der Waals surface area contributed by atoms with Gasteiger partial charge < -0.3 is 42.3 Å². The highest BCUT2D eigenvalue weighted by atomic mass is 16.3. The third-order valence-corrected chi connectivity index (χ3v) is 6.78. The molecule has 49 heavy (non-hydrogen) atoms. The van der Waals surface area contributed by atoms with E-state index in [0.29, 0.717) is 19.1 Å². The Balaban J connectivity index is -0.000000159. The van der Waals surface area contributed by atoms with E-state index in [-0.39, 0.29) is 41.6 Å². The van der Waals surface area contributed by atoms with Crippen LogP contribution in [0, 0.1) is 0 Å². The molecule has 2 saturated heterocycles. The van der Waals surface area contributed by atoms with Crippen molar-refractivity contribution in [3.8, 4) is 5.75 Å². The summed E-state index contributed by atoms with van der Waals surface area (Å²) >= 11 is 0. The van der Waals surface area contributed by atoms with E-state index in [4.69, 9.17) is 21.7 Å². The maximum absolute atomic E-state index is 8.84. The minimum atomic E-state index is -0.0880. The number of phenolic OH excluding ortho intramolecular Hbond substituents is 1. The smallest absolute Gasteiger partial charge is 0.115 e. The van der Waals surface area contributed by atoms with Crippen molar-refractivity contribution in [3.63, 3.8) is 0 Å². The third-order valence-electron chi connectivity index (χ3n) is 6.78. The molecular weight excluding hydrogens is 610 g/mol. The zero-order valence-corrected chi connectivity index (χ0v) is 28.9. The Morgan fingerprint density at radius 1 is 0.837 bits per heavy atom. The number of fused-ring (bicyclic) bond motifs is 1. The molecule has 9 heteroatoms. The predicted molar refractivity (Wildman–Crippen MR) is 219 cm³/mol. The lowest BCUT2D eigenvalue weighted by molar-refractivity contribution is 0.194. The Labute approximate surface area is 302 Å². The molecule has 10 N–H and O–H groups in total. The van der Waals surface area contributed by atoms with Crippen LogP contribution in [0.1, 0.15) is 121 Å². The molecule has 4 aromatic rings. The Morgan fingerprint density at radius 3 is 1.86 bits per heavy atom. The van der Waals surface area contributed by atoms with Crippen molar-refractivity contribution in [2.24, 2.45) is 11.5 Å². The number of aromatic hydroxyl groups is 1. The number of hydrogen-bond donors (Lipinski definition) is 8. The molecule has 2 aliphatic heterocycles. The fraction of sp³-hybridized carbons (Fsp3) is 0.575. The molecule has 3 atom stereocenters. The summed E-state index contributed by atoms with van der Waals surface area (Å²) in [5, 5.41) is 25.3. The number of para-hydroxylation sites is 1. The van der Waals surface area contributed by atoms with E-state index in [2.05, 4.69) is 58.5 Å². The van der Waals surface area contributed by atoms with Crippen molar-refractivity contribution in [3.05, 3.63) is 84.1 Å². The van der Waals surface area contributed by atoms with E-state index in [1.165, 1.54) is 42.5 Å². The zero-order chi connectivity index (χ0) is 33.9. The highest BCUT2D eigenvalue weighted by Gasteiger charge is 2.16. The fourth-order valence-corrected chi connectivity index (χ4v) is 4.39. The number of nitrogens with two attached hydrogens (primary N) is 2. The molecule has 286 valence electrons. The van der Waals surface area contributed by atoms with E-state index in [1.807, 2.05) is 52.2 Å². The normalized spacial score (nSPS) is 16.2. The van der Waals surface area contributed by atoms with Gasteiger partial charge in [0.05, 0.1) is 12.4 Å². The maximum Gasteiger partial charge on any atom is 0.115 e. The molecule has 2 aromatic heterocycles. The van der Waals surface area contributed by atoms with Crippen molar-refractivity contribution in [2.45, 2.75) is 142 Å². The third kappa shape index (κ3) is 25.4. The predicted octanol–water partition coefficient (Wildman–Crippen LogP) is 8.92. The molecule has 6 rings (SSSR count). The lowest BCUT2D eigenvalue weighted by Gasteiger charge is -1.95. The Kier molecular flexibility index (Phi) is 40.7. The van der Waals surface area contributed by atoms with Gasteiger partial charge in [0.15, 0.2) is 0 Å². The molecule has 9 nitrogen and oxygen atoms in total. The summed E-state index contributed by atoms with van der Waals surface area (Å²) in [7, 11) is 0. The molecule has 2 aromatic carbocycles. The Bertz CT molecular complexity index is 1170. The molecule has 2 fully saturated rings. The number of nitrogens with one attached hydrogen (secondary N) is 4. The average Bonchev–Trinajstić information content (AvgIpc) is 3.91. The molecule has 4 heterocycles. The first kappa shape index (κ1) is 55.2. The van der Waals surface area contributed by atoms with Gasteiger partial charge in [-0.2, -0.15) is 0 Å². The van der Waals surface area contributed by atoms with E-state index in [1.54, 1.807) is 30.6 Å². The van der Waals surface area contributed by atoms with E-state index in [9.17, 15) is 0 Å². The van der Waals surface area contributed by atoms with Crippen LogP contribution >= 0.6 is 0 Å². The number of nitrogens with zero attached hydrogens (tertiary/aromatic N) is 1. The number of imidazole rings is 1. The van der Waals surface area contributed by atoms with Gasteiger partial charge in [0.1, 0.15) is 5.75 Å². The molecular formula is C40H79N7O2. The van der Waals surface area contributed by atoms with Crippen molar-refractivity contribution < 1.29 is 10.2 Å². The Hall–Kier alpha value is -3.21. The summed E-state index contributed by atoms with van der Waals surface area (Å²) in [6.07, 6.45) is 11.4. The van der Waals surface area contributed by atoms with Crippen LogP contribution in [0.4, 0.5) is 0 Å². The first-order chi connectivity index (χ1) is 21.9. The van der Waals surface area contributed by atoms with Crippen LogP contribution in [0.2, 0.25) is 0 Å². The number of phenols is 1. The van der Waals surface area contributed by atoms with Crippen molar-refractivity contribution in [1.82, 2.24) is 25.6 Å². The van der Waals surface area contributed by atoms with Gasteiger partial charge in [-0.05, 0) is 75.4 Å². The average molecular weight is 690 g/mol. The van der Waals surface area contributed by atoms with Gasteiger partial charge in [-0.3, -0.25) is 0 Å². The lowest BCUT2D eigenvalue weighted by atomic mass is 10.2. The summed E-state index contributed by atoms with van der Waals surface area (Å²) in [5.74, 6) is 0.284. The number of aromatic nitrogens is 3. The number of hydrogen-bond acceptors (Lipinski definition) is 7. The fourth-order valence-electron chi connectivity index (χ4n) is 4.39. The quantitative estimate of drug-likeness (QED) is 0.106. The van der Waals surface area contributed by atoms with Gasteiger partial charge in [-0.1, -0.05) is 101 Å². The van der Waals surface area contributed by atoms with E-state index >= 15 is 0 Å². The molecule has 0 radical (unpaired) electrons. The molecule has 2 aliphatic rings. The van der Waals surface area contributed by atoms with Crippen LogP contribution in [-0.2, 0) is 19.5 Å². The maximum atomic E-state index is 8.84. The highest BCUT2D eigenvalue weighted by Crippen LogP contribution is 2.16. The molecule has 0 aliphatic carbocycles. The number of aryl methyl sites for hydroxylation is 1. The number of benzene rings is 2. The second kappa shape index (κ2) is 36.1. The van der Waals surface area contributed by atoms with Crippen LogP contribution in [0.25, 0.3) is 10.9 Å². The number of aromatic amines is 2. The van der Waals surface area contributed by atoms with Crippen LogP contribution in [0.5, 0.6) is 5.75 Å². The Morgan fingerprint density at radius 2 is 1.47 bits per heavy atom. The van der Waals surface area contributed by atoms with Crippen LogP contribution in [0.15, 0.2) is 67.3 Å².